The maximum atomic E-state index is 12.4. The van der Waals surface area contributed by atoms with Crippen LogP contribution in [0.3, 0.4) is 0 Å². The molecule has 2 N–H and O–H groups in total. The predicted octanol–water partition coefficient (Wildman–Crippen LogP) is 3.18. The molecule has 0 spiro atoms. The number of hydrogen-bond donors (Lipinski definition) is 1. The van der Waals surface area contributed by atoms with Gasteiger partial charge in [0, 0.05) is 6.54 Å². The van der Waals surface area contributed by atoms with Crippen LogP contribution in [0.25, 0.3) is 0 Å². The minimum atomic E-state index is -0.154. The van der Waals surface area contributed by atoms with Crippen molar-refractivity contribution in [3.8, 4) is 0 Å². The van der Waals surface area contributed by atoms with E-state index in [4.69, 9.17) is 21.8 Å². The molecule has 0 aliphatic rings. The highest BCUT2D eigenvalue weighted by atomic mass is 35.5. The van der Waals surface area contributed by atoms with Crippen molar-refractivity contribution in [2.45, 2.75) is 13.5 Å². The Morgan fingerprint density at radius 1 is 1.37 bits per heavy atom. The molecule has 0 bridgehead atoms. The highest BCUT2D eigenvalue weighted by molar-refractivity contribution is 6.33. The average molecular weight is 279 g/mol. The Morgan fingerprint density at radius 2 is 2.16 bits per heavy atom. The summed E-state index contributed by atoms with van der Waals surface area (Å²) in [5.41, 5.74) is 6.58. The third-order valence-electron chi connectivity index (χ3n) is 2.88. The summed E-state index contributed by atoms with van der Waals surface area (Å²) in [6, 6.07) is 8.68. The standard InChI is InChI=1S/C14H15ClN2O2/c1-2-17(9-10-5-4-8-19-10)14(18)11-6-3-7-12(15)13(11)16/h3-8H,2,9,16H2,1H3. The van der Waals surface area contributed by atoms with Gasteiger partial charge in [-0.15, -0.1) is 0 Å². The summed E-state index contributed by atoms with van der Waals surface area (Å²) in [5.74, 6) is 0.578. The minimum absolute atomic E-state index is 0.154. The smallest absolute Gasteiger partial charge is 0.256 e. The maximum Gasteiger partial charge on any atom is 0.256 e. The highest BCUT2D eigenvalue weighted by Crippen LogP contribution is 2.24. The Morgan fingerprint density at radius 3 is 2.79 bits per heavy atom. The quantitative estimate of drug-likeness (QED) is 0.874. The molecule has 100 valence electrons. The van der Waals surface area contributed by atoms with E-state index in [1.54, 1.807) is 35.4 Å². The number of nitrogens with two attached hydrogens (primary N) is 1. The molecular weight excluding hydrogens is 264 g/mol. The molecule has 1 heterocycles. The van der Waals surface area contributed by atoms with Gasteiger partial charge in [0.05, 0.1) is 29.1 Å². The maximum absolute atomic E-state index is 12.4. The number of rotatable bonds is 4. The third-order valence-corrected chi connectivity index (χ3v) is 3.21. The SMILES string of the molecule is CCN(Cc1ccco1)C(=O)c1cccc(Cl)c1N. The van der Waals surface area contributed by atoms with Crippen LogP contribution in [-0.4, -0.2) is 17.4 Å². The Kier molecular flexibility index (Phi) is 4.12. The summed E-state index contributed by atoms with van der Waals surface area (Å²) in [6.07, 6.45) is 1.58. The summed E-state index contributed by atoms with van der Waals surface area (Å²) >= 11 is 5.93. The molecule has 0 saturated heterocycles. The van der Waals surface area contributed by atoms with E-state index in [9.17, 15) is 4.79 Å². The van der Waals surface area contributed by atoms with Gasteiger partial charge in [0.25, 0.3) is 5.91 Å². The summed E-state index contributed by atoms with van der Waals surface area (Å²) in [7, 11) is 0. The van der Waals surface area contributed by atoms with Gasteiger partial charge in [-0.1, -0.05) is 17.7 Å². The number of nitrogen functional groups attached to an aromatic ring is 1. The van der Waals surface area contributed by atoms with Crippen molar-refractivity contribution in [3.05, 3.63) is 52.9 Å². The molecule has 0 aliphatic heterocycles. The zero-order chi connectivity index (χ0) is 13.8. The van der Waals surface area contributed by atoms with Crippen molar-refractivity contribution in [2.24, 2.45) is 0 Å². The first kappa shape index (κ1) is 13.5. The molecule has 0 saturated carbocycles. The molecule has 0 aliphatic carbocycles. The van der Waals surface area contributed by atoms with Gasteiger partial charge in [0.1, 0.15) is 5.76 Å². The number of benzene rings is 1. The molecule has 5 heteroatoms. The predicted molar refractivity (Wildman–Crippen MR) is 75.0 cm³/mol. The van der Waals surface area contributed by atoms with Crippen molar-refractivity contribution in [3.63, 3.8) is 0 Å². The van der Waals surface area contributed by atoms with Crippen LogP contribution in [-0.2, 0) is 6.54 Å². The van der Waals surface area contributed by atoms with Crippen LogP contribution in [0.1, 0.15) is 23.0 Å². The minimum Gasteiger partial charge on any atom is -0.467 e. The van der Waals surface area contributed by atoms with E-state index in [0.717, 1.165) is 5.76 Å². The lowest BCUT2D eigenvalue weighted by molar-refractivity contribution is 0.0742. The summed E-state index contributed by atoms with van der Waals surface area (Å²) in [4.78, 5) is 14.1. The van der Waals surface area contributed by atoms with Gasteiger partial charge in [-0.2, -0.15) is 0 Å². The fourth-order valence-corrected chi connectivity index (χ4v) is 1.99. The van der Waals surface area contributed by atoms with Gasteiger partial charge in [-0.05, 0) is 31.2 Å². The molecule has 0 radical (unpaired) electrons. The molecule has 0 unspecified atom stereocenters. The van der Waals surface area contributed by atoms with Gasteiger partial charge in [0.2, 0.25) is 0 Å². The third kappa shape index (κ3) is 2.90. The lowest BCUT2D eigenvalue weighted by Crippen LogP contribution is -2.30. The van der Waals surface area contributed by atoms with E-state index in [2.05, 4.69) is 0 Å². The lowest BCUT2D eigenvalue weighted by atomic mass is 10.1. The van der Waals surface area contributed by atoms with Crippen LogP contribution in [0.2, 0.25) is 5.02 Å². The number of para-hydroxylation sites is 1. The molecule has 1 aromatic carbocycles. The van der Waals surface area contributed by atoms with Crippen molar-refractivity contribution in [1.82, 2.24) is 4.90 Å². The Labute approximate surface area is 116 Å². The van der Waals surface area contributed by atoms with Gasteiger partial charge in [-0.25, -0.2) is 0 Å². The second kappa shape index (κ2) is 5.80. The van der Waals surface area contributed by atoms with Crippen LogP contribution < -0.4 is 5.73 Å². The monoisotopic (exact) mass is 278 g/mol. The topological polar surface area (TPSA) is 59.5 Å². The lowest BCUT2D eigenvalue weighted by Gasteiger charge is -2.20. The Balaban J connectivity index is 2.23. The number of hydrogen-bond acceptors (Lipinski definition) is 3. The first-order valence-electron chi connectivity index (χ1n) is 5.99. The fourth-order valence-electron chi connectivity index (χ4n) is 1.81. The number of anilines is 1. The summed E-state index contributed by atoms with van der Waals surface area (Å²) < 4.78 is 5.25. The number of halogens is 1. The van der Waals surface area contributed by atoms with Crippen molar-refractivity contribution < 1.29 is 9.21 Å². The van der Waals surface area contributed by atoms with Gasteiger partial charge in [0.15, 0.2) is 0 Å². The second-order valence-electron chi connectivity index (χ2n) is 4.10. The molecule has 2 aromatic rings. The summed E-state index contributed by atoms with van der Waals surface area (Å²) in [6.45, 7) is 2.88. The zero-order valence-electron chi connectivity index (χ0n) is 10.6. The molecule has 1 amide bonds. The molecule has 19 heavy (non-hydrogen) atoms. The van der Waals surface area contributed by atoms with Crippen molar-refractivity contribution in [2.75, 3.05) is 12.3 Å². The molecule has 4 nitrogen and oxygen atoms in total. The van der Waals surface area contributed by atoms with Gasteiger partial charge < -0.3 is 15.1 Å². The van der Waals surface area contributed by atoms with Crippen molar-refractivity contribution in [1.29, 1.82) is 0 Å². The van der Waals surface area contributed by atoms with E-state index in [0.29, 0.717) is 29.4 Å². The first-order valence-corrected chi connectivity index (χ1v) is 6.37. The fraction of sp³-hybridized carbons (Fsp3) is 0.214. The Bertz CT molecular complexity index is 567. The van der Waals surface area contributed by atoms with E-state index >= 15 is 0 Å². The number of carbonyl (C=O) groups excluding carboxylic acids is 1. The van der Waals surface area contributed by atoms with Crippen LogP contribution in [0.15, 0.2) is 41.0 Å². The number of furan rings is 1. The Hall–Kier alpha value is -1.94. The molecule has 1 aromatic heterocycles. The van der Waals surface area contributed by atoms with Crippen LogP contribution in [0, 0.1) is 0 Å². The van der Waals surface area contributed by atoms with Gasteiger partial charge >= 0.3 is 0 Å². The number of nitrogens with zero attached hydrogens (tertiary/aromatic N) is 1. The summed E-state index contributed by atoms with van der Waals surface area (Å²) in [5, 5.41) is 0.389. The highest BCUT2D eigenvalue weighted by Gasteiger charge is 2.18. The number of carbonyl (C=O) groups is 1. The molecule has 0 fully saturated rings. The zero-order valence-corrected chi connectivity index (χ0v) is 11.4. The van der Waals surface area contributed by atoms with Crippen LogP contribution in [0.5, 0.6) is 0 Å². The van der Waals surface area contributed by atoms with Gasteiger partial charge in [-0.3, -0.25) is 4.79 Å². The van der Waals surface area contributed by atoms with E-state index < -0.39 is 0 Å². The number of amides is 1. The first-order chi connectivity index (χ1) is 9.13. The molecule has 2 rings (SSSR count). The molecular formula is C14H15ClN2O2. The van der Waals surface area contributed by atoms with Crippen LogP contribution >= 0.6 is 11.6 Å². The molecule has 0 atom stereocenters. The average Bonchev–Trinajstić information content (AvgIpc) is 2.91. The van der Waals surface area contributed by atoms with Crippen LogP contribution in [0.4, 0.5) is 5.69 Å². The van der Waals surface area contributed by atoms with E-state index in [1.807, 2.05) is 13.0 Å². The largest absolute Gasteiger partial charge is 0.467 e. The van der Waals surface area contributed by atoms with Crippen molar-refractivity contribution >= 4 is 23.2 Å². The second-order valence-corrected chi connectivity index (χ2v) is 4.51. The van der Waals surface area contributed by atoms with E-state index in [-0.39, 0.29) is 5.91 Å². The normalized spacial score (nSPS) is 10.4. The van der Waals surface area contributed by atoms with E-state index in [1.165, 1.54) is 0 Å².